The highest BCUT2D eigenvalue weighted by molar-refractivity contribution is 8.00. The predicted octanol–water partition coefficient (Wildman–Crippen LogP) is 5.60. The molecule has 0 atom stereocenters. The number of nitrogens with zero attached hydrogens (tertiary/aromatic N) is 1. The maximum Gasteiger partial charge on any atom is 0.258 e. The highest BCUT2D eigenvalue weighted by Crippen LogP contribution is 2.29. The van der Waals surface area contributed by atoms with Crippen molar-refractivity contribution in [2.45, 2.75) is 11.8 Å². The number of aromatic nitrogens is 1. The number of amides is 2. The van der Waals surface area contributed by atoms with Crippen LogP contribution in [0.5, 0.6) is 5.75 Å². The minimum Gasteiger partial charge on any atom is -0.497 e. The van der Waals surface area contributed by atoms with Crippen molar-refractivity contribution in [2.24, 2.45) is 0 Å². The Hall–Kier alpha value is -3.36. The molecule has 0 spiro atoms. The van der Waals surface area contributed by atoms with Crippen LogP contribution in [0.2, 0.25) is 0 Å². The van der Waals surface area contributed by atoms with Gasteiger partial charge in [0, 0.05) is 16.6 Å². The third-order valence-corrected chi connectivity index (χ3v) is 6.62. The van der Waals surface area contributed by atoms with E-state index in [4.69, 9.17) is 4.74 Å². The summed E-state index contributed by atoms with van der Waals surface area (Å²) in [6.07, 6.45) is 0. The van der Waals surface area contributed by atoms with E-state index in [0.29, 0.717) is 22.1 Å². The number of aryl methyl sites for hydroxylation is 1. The Morgan fingerprint density at radius 3 is 2.72 bits per heavy atom. The van der Waals surface area contributed by atoms with Crippen LogP contribution in [0.15, 0.2) is 71.6 Å². The standard InChI is InChI=1S/C24H21N3O3S2/c1-15-10-11-19-21(12-15)32-24(26-19)27-23(29)18-8-3-4-9-20(18)31-14-22(28)25-16-6-5-7-17(13-16)30-2/h3-13H,14H2,1-2H3,(H,25,28)(H,26,27,29). The molecule has 6 nitrogen and oxygen atoms in total. The topological polar surface area (TPSA) is 80.3 Å². The van der Waals surface area contributed by atoms with Crippen molar-refractivity contribution in [1.82, 2.24) is 4.98 Å². The van der Waals surface area contributed by atoms with E-state index in [0.717, 1.165) is 20.7 Å². The van der Waals surface area contributed by atoms with Crippen LogP contribution >= 0.6 is 23.1 Å². The molecule has 0 bridgehead atoms. The van der Waals surface area contributed by atoms with Gasteiger partial charge in [0.15, 0.2) is 5.13 Å². The van der Waals surface area contributed by atoms with E-state index >= 15 is 0 Å². The molecule has 1 aromatic heterocycles. The Balaban J connectivity index is 1.42. The smallest absolute Gasteiger partial charge is 0.258 e. The molecule has 32 heavy (non-hydrogen) atoms. The van der Waals surface area contributed by atoms with Gasteiger partial charge in [-0.15, -0.1) is 11.8 Å². The number of nitrogens with one attached hydrogen (secondary N) is 2. The van der Waals surface area contributed by atoms with Crippen LogP contribution in [0.25, 0.3) is 10.2 Å². The fourth-order valence-corrected chi connectivity index (χ4v) is 4.88. The minimum atomic E-state index is -0.253. The molecule has 0 saturated carbocycles. The molecule has 0 radical (unpaired) electrons. The van der Waals surface area contributed by atoms with E-state index in [1.165, 1.54) is 23.1 Å². The van der Waals surface area contributed by atoms with Crippen molar-refractivity contribution in [2.75, 3.05) is 23.5 Å². The molecule has 0 fully saturated rings. The summed E-state index contributed by atoms with van der Waals surface area (Å²) in [4.78, 5) is 30.5. The molecule has 4 rings (SSSR count). The van der Waals surface area contributed by atoms with Crippen LogP contribution in [-0.4, -0.2) is 29.7 Å². The first-order valence-corrected chi connectivity index (χ1v) is 11.7. The van der Waals surface area contributed by atoms with Crippen molar-refractivity contribution in [3.63, 3.8) is 0 Å². The second-order valence-corrected chi connectivity index (χ2v) is 9.06. The maximum absolute atomic E-state index is 12.9. The van der Waals surface area contributed by atoms with Gasteiger partial charge >= 0.3 is 0 Å². The molecular formula is C24H21N3O3S2. The summed E-state index contributed by atoms with van der Waals surface area (Å²) in [6, 6.07) is 20.4. The second-order valence-electron chi connectivity index (χ2n) is 7.01. The normalized spacial score (nSPS) is 10.7. The number of methoxy groups -OCH3 is 1. The van der Waals surface area contributed by atoms with E-state index in [2.05, 4.69) is 15.6 Å². The van der Waals surface area contributed by atoms with Gasteiger partial charge in [-0.1, -0.05) is 35.6 Å². The Morgan fingerprint density at radius 2 is 1.88 bits per heavy atom. The summed E-state index contributed by atoms with van der Waals surface area (Å²) in [6.45, 7) is 2.02. The second kappa shape index (κ2) is 9.84. The number of ether oxygens (including phenoxy) is 1. The van der Waals surface area contributed by atoms with Gasteiger partial charge in [-0.3, -0.25) is 14.9 Å². The molecule has 0 aliphatic heterocycles. The van der Waals surface area contributed by atoms with Crippen LogP contribution in [0, 0.1) is 6.92 Å². The number of hydrogen-bond donors (Lipinski definition) is 2. The number of hydrogen-bond acceptors (Lipinski definition) is 6. The predicted molar refractivity (Wildman–Crippen MR) is 131 cm³/mol. The summed E-state index contributed by atoms with van der Waals surface area (Å²) < 4.78 is 6.20. The van der Waals surface area contributed by atoms with E-state index in [-0.39, 0.29) is 17.6 Å². The van der Waals surface area contributed by atoms with Crippen LogP contribution in [-0.2, 0) is 4.79 Å². The quantitative estimate of drug-likeness (QED) is 0.349. The maximum atomic E-state index is 12.9. The van der Waals surface area contributed by atoms with Gasteiger partial charge in [-0.25, -0.2) is 4.98 Å². The first kappa shape index (κ1) is 21.9. The zero-order valence-corrected chi connectivity index (χ0v) is 19.2. The molecular weight excluding hydrogens is 442 g/mol. The molecule has 0 aliphatic carbocycles. The van der Waals surface area contributed by atoms with Gasteiger partial charge in [-0.2, -0.15) is 0 Å². The largest absolute Gasteiger partial charge is 0.497 e. The van der Waals surface area contributed by atoms with Crippen molar-refractivity contribution >= 4 is 55.9 Å². The monoisotopic (exact) mass is 463 g/mol. The third-order valence-electron chi connectivity index (χ3n) is 4.61. The zero-order chi connectivity index (χ0) is 22.5. The summed E-state index contributed by atoms with van der Waals surface area (Å²) in [5, 5.41) is 6.28. The highest BCUT2D eigenvalue weighted by Gasteiger charge is 2.15. The molecule has 0 aliphatic rings. The van der Waals surface area contributed by atoms with Crippen LogP contribution in [0.1, 0.15) is 15.9 Å². The number of anilines is 2. The van der Waals surface area contributed by atoms with Gasteiger partial charge < -0.3 is 10.1 Å². The summed E-state index contributed by atoms with van der Waals surface area (Å²) >= 11 is 2.75. The van der Waals surface area contributed by atoms with E-state index in [9.17, 15) is 9.59 Å². The third kappa shape index (κ3) is 5.27. The van der Waals surface area contributed by atoms with Gasteiger partial charge in [-0.05, 0) is 48.9 Å². The molecule has 1 heterocycles. The molecule has 0 saturated heterocycles. The lowest BCUT2D eigenvalue weighted by Crippen LogP contribution is -2.15. The highest BCUT2D eigenvalue weighted by atomic mass is 32.2. The number of thioether (sulfide) groups is 1. The van der Waals surface area contributed by atoms with Gasteiger partial charge in [0.2, 0.25) is 5.91 Å². The van der Waals surface area contributed by atoms with Crippen LogP contribution in [0.3, 0.4) is 0 Å². The Labute approximate surface area is 194 Å². The zero-order valence-electron chi connectivity index (χ0n) is 17.5. The number of benzene rings is 3. The van der Waals surface area contributed by atoms with E-state index in [1.54, 1.807) is 31.4 Å². The van der Waals surface area contributed by atoms with Crippen molar-refractivity contribution in [3.05, 3.63) is 77.9 Å². The lowest BCUT2D eigenvalue weighted by molar-refractivity contribution is -0.113. The lowest BCUT2D eigenvalue weighted by Gasteiger charge is -2.09. The average molecular weight is 464 g/mol. The molecule has 3 aromatic carbocycles. The number of thiazole rings is 1. The minimum absolute atomic E-state index is 0.167. The first-order valence-electron chi connectivity index (χ1n) is 9.86. The molecule has 4 aromatic rings. The number of carbonyl (C=O) groups is 2. The lowest BCUT2D eigenvalue weighted by atomic mass is 10.2. The number of rotatable bonds is 7. The van der Waals surface area contributed by atoms with E-state index in [1.807, 2.05) is 49.4 Å². The molecule has 0 unspecified atom stereocenters. The van der Waals surface area contributed by atoms with Crippen LogP contribution < -0.4 is 15.4 Å². The number of carbonyl (C=O) groups excluding carboxylic acids is 2. The van der Waals surface area contributed by atoms with Gasteiger partial charge in [0.05, 0.1) is 28.6 Å². The van der Waals surface area contributed by atoms with E-state index < -0.39 is 0 Å². The SMILES string of the molecule is COc1cccc(NC(=O)CSc2ccccc2C(=O)Nc2nc3ccc(C)cc3s2)c1. The number of fused-ring (bicyclic) bond motifs is 1. The molecule has 2 amide bonds. The Bertz CT molecular complexity index is 1290. The fourth-order valence-electron chi connectivity index (χ4n) is 3.07. The summed E-state index contributed by atoms with van der Waals surface area (Å²) in [5.41, 5.74) is 3.16. The molecule has 8 heteroatoms. The fraction of sp³-hybridized carbons (Fsp3) is 0.125. The van der Waals surface area contributed by atoms with Crippen LogP contribution in [0.4, 0.5) is 10.8 Å². The van der Waals surface area contributed by atoms with Gasteiger partial charge in [0.25, 0.3) is 5.91 Å². The summed E-state index contributed by atoms with van der Waals surface area (Å²) in [7, 11) is 1.58. The van der Waals surface area contributed by atoms with Gasteiger partial charge in [0.1, 0.15) is 5.75 Å². The Morgan fingerprint density at radius 1 is 1.03 bits per heavy atom. The Kier molecular flexibility index (Phi) is 6.72. The average Bonchev–Trinajstić information content (AvgIpc) is 3.19. The van der Waals surface area contributed by atoms with Crippen molar-refractivity contribution < 1.29 is 14.3 Å². The molecule has 2 N–H and O–H groups in total. The van der Waals surface area contributed by atoms with Crippen molar-refractivity contribution in [3.8, 4) is 5.75 Å². The molecule has 162 valence electrons. The summed E-state index contributed by atoms with van der Waals surface area (Å²) in [5.74, 6) is 0.418. The van der Waals surface area contributed by atoms with Crippen molar-refractivity contribution in [1.29, 1.82) is 0 Å². The first-order chi connectivity index (χ1) is 15.5.